The van der Waals surface area contributed by atoms with Gasteiger partial charge < -0.3 is 15.6 Å². The van der Waals surface area contributed by atoms with Gasteiger partial charge in [-0.3, -0.25) is 4.90 Å². The molecule has 0 spiro atoms. The Bertz CT molecular complexity index is 414. The summed E-state index contributed by atoms with van der Waals surface area (Å²) in [6, 6.07) is 4.96. The largest absolute Gasteiger partial charge is 0.399 e. The topological polar surface area (TPSA) is 58.7 Å². The van der Waals surface area contributed by atoms with Gasteiger partial charge in [-0.2, -0.15) is 0 Å². The minimum absolute atomic E-state index is 0.00651. The van der Waals surface area contributed by atoms with E-state index in [0.29, 0.717) is 30.9 Å². The Hall–Kier alpha value is -1.17. The third-order valence-electron chi connectivity index (χ3n) is 3.29. The molecule has 18 heavy (non-hydrogen) atoms. The highest BCUT2D eigenvalue weighted by molar-refractivity contribution is 5.40. The van der Waals surface area contributed by atoms with E-state index >= 15 is 0 Å². The van der Waals surface area contributed by atoms with Gasteiger partial charge in [0.15, 0.2) is 0 Å². The second-order valence-corrected chi connectivity index (χ2v) is 4.77. The van der Waals surface area contributed by atoms with Crippen LogP contribution in [0.3, 0.4) is 0 Å². The summed E-state index contributed by atoms with van der Waals surface area (Å²) < 4.78 is 19.2. The van der Waals surface area contributed by atoms with Crippen molar-refractivity contribution in [1.82, 2.24) is 4.90 Å². The Morgan fingerprint density at radius 3 is 3.00 bits per heavy atom. The van der Waals surface area contributed by atoms with Crippen LogP contribution in [0.4, 0.5) is 10.1 Å². The lowest BCUT2D eigenvalue weighted by molar-refractivity contribution is -0.0807. The molecule has 1 saturated heterocycles. The third-order valence-corrected chi connectivity index (χ3v) is 3.29. The molecule has 100 valence electrons. The van der Waals surface area contributed by atoms with Crippen LogP contribution in [0.2, 0.25) is 0 Å². The Kier molecular flexibility index (Phi) is 4.16. The van der Waals surface area contributed by atoms with Gasteiger partial charge in [0.2, 0.25) is 0 Å². The molecule has 2 unspecified atom stereocenters. The first-order valence-electron chi connectivity index (χ1n) is 6.10. The van der Waals surface area contributed by atoms with Crippen LogP contribution in [0.25, 0.3) is 0 Å². The molecule has 1 aliphatic heterocycles. The molecule has 2 atom stereocenters. The number of hydrogen-bond acceptors (Lipinski definition) is 4. The summed E-state index contributed by atoms with van der Waals surface area (Å²) in [5, 5.41) is 9.11. The van der Waals surface area contributed by atoms with Gasteiger partial charge in [0, 0.05) is 30.4 Å². The van der Waals surface area contributed by atoms with Gasteiger partial charge in [-0.15, -0.1) is 0 Å². The zero-order valence-corrected chi connectivity index (χ0v) is 10.5. The second-order valence-electron chi connectivity index (χ2n) is 4.77. The molecule has 0 bridgehead atoms. The Morgan fingerprint density at radius 1 is 1.56 bits per heavy atom. The molecule has 0 amide bonds. The number of halogens is 1. The smallest absolute Gasteiger partial charge is 0.129 e. The summed E-state index contributed by atoms with van der Waals surface area (Å²) in [5.74, 6) is -0.283. The van der Waals surface area contributed by atoms with Gasteiger partial charge in [0.05, 0.1) is 19.3 Å². The average molecular weight is 254 g/mol. The fourth-order valence-electron chi connectivity index (χ4n) is 2.12. The first kappa shape index (κ1) is 13.3. The molecule has 0 saturated carbocycles. The van der Waals surface area contributed by atoms with E-state index in [4.69, 9.17) is 15.6 Å². The highest BCUT2D eigenvalue weighted by Crippen LogP contribution is 2.18. The van der Waals surface area contributed by atoms with Crippen LogP contribution in [-0.4, -0.2) is 41.9 Å². The summed E-state index contributed by atoms with van der Waals surface area (Å²) in [6.45, 7) is 3.70. The lowest BCUT2D eigenvalue weighted by Gasteiger charge is -2.37. The number of benzene rings is 1. The summed E-state index contributed by atoms with van der Waals surface area (Å²) in [7, 11) is 0. The zero-order chi connectivity index (χ0) is 13.1. The predicted octanol–water partition coefficient (Wildman–Crippen LogP) is 0.989. The normalized spacial score (nSPS) is 25.3. The molecule has 1 aromatic rings. The number of ether oxygens (including phenoxy) is 1. The number of morpholine rings is 1. The van der Waals surface area contributed by atoms with Crippen LogP contribution in [0.1, 0.15) is 12.5 Å². The van der Waals surface area contributed by atoms with Gasteiger partial charge in [0.25, 0.3) is 0 Å². The van der Waals surface area contributed by atoms with Gasteiger partial charge in [-0.25, -0.2) is 4.39 Å². The number of nitrogen functional groups attached to an aromatic ring is 1. The monoisotopic (exact) mass is 254 g/mol. The second kappa shape index (κ2) is 5.65. The molecule has 0 aliphatic carbocycles. The van der Waals surface area contributed by atoms with E-state index in [1.165, 1.54) is 6.07 Å². The maximum absolute atomic E-state index is 13.7. The SMILES string of the molecule is CC1COC(CO)CN1Cc1ccc(N)cc1F. The standard InChI is InChI=1S/C13H19FN2O2/c1-9-8-18-12(7-17)6-16(9)5-10-2-3-11(15)4-13(10)14/h2-4,9,12,17H,5-8,15H2,1H3. The van der Waals surface area contributed by atoms with Crippen molar-refractivity contribution in [1.29, 1.82) is 0 Å². The lowest BCUT2D eigenvalue weighted by atomic mass is 10.1. The first-order chi connectivity index (χ1) is 8.60. The summed E-state index contributed by atoms with van der Waals surface area (Å²) in [5.41, 5.74) is 6.58. The molecule has 3 N–H and O–H groups in total. The van der Waals surface area contributed by atoms with Crippen LogP contribution >= 0.6 is 0 Å². The van der Waals surface area contributed by atoms with Crippen LogP contribution < -0.4 is 5.73 Å². The van der Waals surface area contributed by atoms with Crippen molar-refractivity contribution < 1.29 is 14.2 Å². The van der Waals surface area contributed by atoms with Crippen molar-refractivity contribution in [3.05, 3.63) is 29.6 Å². The van der Waals surface area contributed by atoms with Gasteiger partial charge in [0.1, 0.15) is 5.82 Å². The highest BCUT2D eigenvalue weighted by Gasteiger charge is 2.26. The molecule has 1 fully saturated rings. The number of nitrogens with zero attached hydrogens (tertiary/aromatic N) is 1. The number of aliphatic hydroxyl groups is 1. The maximum atomic E-state index is 13.7. The molecule has 1 aromatic carbocycles. The summed E-state index contributed by atoms with van der Waals surface area (Å²) in [6.07, 6.45) is -0.182. The van der Waals surface area contributed by atoms with Crippen molar-refractivity contribution in [2.75, 3.05) is 25.5 Å². The van der Waals surface area contributed by atoms with Crippen molar-refractivity contribution >= 4 is 5.69 Å². The molecular formula is C13H19FN2O2. The molecule has 0 aromatic heterocycles. The van der Waals surface area contributed by atoms with Crippen LogP contribution in [0.5, 0.6) is 0 Å². The molecule has 2 rings (SSSR count). The minimum Gasteiger partial charge on any atom is -0.399 e. The van der Waals surface area contributed by atoms with E-state index in [9.17, 15) is 4.39 Å². The van der Waals surface area contributed by atoms with E-state index in [2.05, 4.69) is 4.90 Å². The number of hydrogen-bond donors (Lipinski definition) is 2. The highest BCUT2D eigenvalue weighted by atomic mass is 19.1. The van der Waals surface area contributed by atoms with E-state index < -0.39 is 0 Å². The van der Waals surface area contributed by atoms with Crippen molar-refractivity contribution in [2.24, 2.45) is 0 Å². The molecule has 5 heteroatoms. The third kappa shape index (κ3) is 2.98. The molecular weight excluding hydrogens is 235 g/mol. The Labute approximate surface area is 106 Å². The zero-order valence-electron chi connectivity index (χ0n) is 10.5. The molecule has 0 radical (unpaired) electrons. The van der Waals surface area contributed by atoms with Crippen molar-refractivity contribution in [3.63, 3.8) is 0 Å². The number of rotatable bonds is 3. The van der Waals surface area contributed by atoms with Gasteiger partial charge in [-0.05, 0) is 19.1 Å². The van der Waals surface area contributed by atoms with E-state index in [1.54, 1.807) is 12.1 Å². The van der Waals surface area contributed by atoms with Gasteiger partial charge >= 0.3 is 0 Å². The number of anilines is 1. The minimum atomic E-state index is -0.283. The number of nitrogens with two attached hydrogens (primary N) is 1. The first-order valence-corrected chi connectivity index (χ1v) is 6.10. The van der Waals surface area contributed by atoms with E-state index in [0.717, 1.165) is 0 Å². The van der Waals surface area contributed by atoms with Crippen molar-refractivity contribution in [2.45, 2.75) is 25.6 Å². The van der Waals surface area contributed by atoms with Gasteiger partial charge in [-0.1, -0.05) is 6.07 Å². The van der Waals surface area contributed by atoms with Crippen molar-refractivity contribution in [3.8, 4) is 0 Å². The summed E-state index contributed by atoms with van der Waals surface area (Å²) in [4.78, 5) is 2.11. The molecule has 4 nitrogen and oxygen atoms in total. The quantitative estimate of drug-likeness (QED) is 0.790. The fourth-order valence-corrected chi connectivity index (χ4v) is 2.12. The fraction of sp³-hybridized carbons (Fsp3) is 0.538. The van der Waals surface area contributed by atoms with Crippen LogP contribution in [0, 0.1) is 5.82 Å². The summed E-state index contributed by atoms with van der Waals surface area (Å²) >= 11 is 0. The lowest BCUT2D eigenvalue weighted by Crippen LogP contribution is -2.48. The predicted molar refractivity (Wildman–Crippen MR) is 67.5 cm³/mol. The maximum Gasteiger partial charge on any atom is 0.129 e. The van der Waals surface area contributed by atoms with Crippen LogP contribution in [0.15, 0.2) is 18.2 Å². The number of aliphatic hydroxyl groups excluding tert-OH is 1. The Morgan fingerprint density at radius 2 is 2.33 bits per heavy atom. The van der Waals surface area contributed by atoms with E-state index in [1.807, 2.05) is 6.92 Å². The van der Waals surface area contributed by atoms with Crippen LogP contribution in [-0.2, 0) is 11.3 Å². The molecule has 1 heterocycles. The average Bonchev–Trinajstić information content (AvgIpc) is 2.35. The Balaban J connectivity index is 2.07. The van der Waals surface area contributed by atoms with E-state index in [-0.39, 0.29) is 24.6 Å². The molecule has 1 aliphatic rings.